The molecular formula is C23H38FNO2Sn. The van der Waals surface area contributed by atoms with Crippen LogP contribution in [0.25, 0.3) is 0 Å². The van der Waals surface area contributed by atoms with Crippen LogP contribution in [0.5, 0.6) is 0 Å². The van der Waals surface area contributed by atoms with Gasteiger partial charge in [0.1, 0.15) is 0 Å². The van der Waals surface area contributed by atoms with Gasteiger partial charge in [0, 0.05) is 0 Å². The fraction of sp³-hybridized carbons (Fsp3) is 0.696. The van der Waals surface area contributed by atoms with Gasteiger partial charge in [-0.05, 0) is 0 Å². The number of unbranched alkanes of at least 4 members (excludes halogenated alkanes) is 3. The van der Waals surface area contributed by atoms with Crippen molar-refractivity contribution in [2.24, 2.45) is 0 Å². The second-order valence-corrected chi connectivity index (χ2v) is 21.6. The molecule has 0 spiro atoms. The number of halogens is 1. The number of rotatable bonds is 12. The van der Waals surface area contributed by atoms with E-state index in [-0.39, 0.29) is 30.3 Å². The molecular weight excluding hydrogens is 460 g/mol. The van der Waals surface area contributed by atoms with E-state index in [4.69, 9.17) is 0 Å². The van der Waals surface area contributed by atoms with E-state index in [9.17, 15) is 9.90 Å². The van der Waals surface area contributed by atoms with Crippen LogP contribution in [-0.4, -0.2) is 42.0 Å². The maximum atomic E-state index is 15.5. The normalized spacial score (nSPS) is 19.8. The van der Waals surface area contributed by atoms with Crippen LogP contribution in [0.3, 0.4) is 0 Å². The maximum absolute atomic E-state index is 15.5. The van der Waals surface area contributed by atoms with E-state index in [1.54, 1.807) is 6.07 Å². The van der Waals surface area contributed by atoms with E-state index in [0.29, 0.717) is 6.42 Å². The molecule has 1 aromatic carbocycles. The van der Waals surface area contributed by atoms with Crippen LogP contribution in [0.2, 0.25) is 13.3 Å². The van der Waals surface area contributed by atoms with E-state index < -0.39 is 18.4 Å². The Morgan fingerprint density at radius 1 is 1.07 bits per heavy atom. The van der Waals surface area contributed by atoms with Gasteiger partial charge in [-0.1, -0.05) is 0 Å². The zero-order chi connectivity index (χ0) is 20.6. The number of amides is 1. The number of benzene rings is 1. The van der Waals surface area contributed by atoms with Crippen molar-refractivity contribution < 1.29 is 14.3 Å². The second-order valence-electron chi connectivity index (χ2n) is 8.51. The van der Waals surface area contributed by atoms with Crippen LogP contribution in [0, 0.1) is 5.82 Å². The zero-order valence-corrected chi connectivity index (χ0v) is 20.8. The van der Waals surface area contributed by atoms with Gasteiger partial charge in [-0.15, -0.1) is 0 Å². The first-order valence-corrected chi connectivity index (χ1v) is 18.7. The fourth-order valence-corrected chi connectivity index (χ4v) is 20.8. The number of aliphatic hydroxyl groups is 1. The molecule has 1 aliphatic rings. The van der Waals surface area contributed by atoms with Crippen molar-refractivity contribution >= 4 is 27.9 Å². The van der Waals surface area contributed by atoms with E-state index in [2.05, 4.69) is 26.1 Å². The molecule has 28 heavy (non-hydrogen) atoms. The van der Waals surface area contributed by atoms with Crippen molar-refractivity contribution in [3.8, 4) is 0 Å². The van der Waals surface area contributed by atoms with E-state index >= 15 is 4.39 Å². The summed E-state index contributed by atoms with van der Waals surface area (Å²) < 4.78 is 20.2. The molecule has 0 radical (unpaired) electrons. The minimum absolute atomic E-state index is 0.0621. The molecule has 2 N–H and O–H groups in total. The molecule has 158 valence electrons. The first kappa shape index (κ1) is 23.7. The van der Waals surface area contributed by atoms with Gasteiger partial charge in [-0.2, -0.15) is 0 Å². The number of nitrogens with one attached hydrogen (secondary N) is 1. The molecule has 0 aliphatic carbocycles. The van der Waals surface area contributed by atoms with E-state index in [1.165, 1.54) is 51.8 Å². The van der Waals surface area contributed by atoms with Gasteiger partial charge < -0.3 is 0 Å². The quantitative estimate of drug-likeness (QED) is 0.405. The Bertz CT molecular complexity index is 615. The predicted octanol–water partition coefficient (Wildman–Crippen LogP) is 4.85. The summed E-state index contributed by atoms with van der Waals surface area (Å²) in [6.45, 7) is 6.62. The predicted molar refractivity (Wildman–Crippen MR) is 117 cm³/mol. The van der Waals surface area contributed by atoms with Gasteiger partial charge in [0.15, 0.2) is 0 Å². The molecule has 1 aromatic rings. The number of hydrogen-bond donors (Lipinski definition) is 2. The molecule has 0 saturated carbocycles. The average molecular weight is 498 g/mol. The van der Waals surface area contributed by atoms with Crippen LogP contribution in [-0.2, 0) is 4.79 Å². The Hall–Kier alpha value is -0.621. The van der Waals surface area contributed by atoms with Crippen molar-refractivity contribution in [3.05, 3.63) is 29.6 Å². The summed E-state index contributed by atoms with van der Waals surface area (Å²) in [6, 6.07) is 5.46. The van der Waals surface area contributed by atoms with Gasteiger partial charge in [-0.25, -0.2) is 0 Å². The van der Waals surface area contributed by atoms with Crippen LogP contribution < -0.4 is 8.90 Å². The topological polar surface area (TPSA) is 49.3 Å². The summed E-state index contributed by atoms with van der Waals surface area (Å²) in [5.41, 5.74) is 0.761. The molecule has 1 unspecified atom stereocenters. The van der Waals surface area contributed by atoms with Crippen molar-refractivity contribution in [1.29, 1.82) is 0 Å². The molecule has 0 aromatic heterocycles. The van der Waals surface area contributed by atoms with Gasteiger partial charge in [0.05, 0.1) is 0 Å². The molecule has 1 amide bonds. The average Bonchev–Trinajstić information content (AvgIpc) is 3.09. The third kappa shape index (κ3) is 5.71. The molecule has 0 bridgehead atoms. The monoisotopic (exact) mass is 499 g/mol. The van der Waals surface area contributed by atoms with Gasteiger partial charge in [0.25, 0.3) is 0 Å². The van der Waals surface area contributed by atoms with Crippen LogP contribution in [0.15, 0.2) is 18.2 Å². The van der Waals surface area contributed by atoms with Gasteiger partial charge in [-0.3, -0.25) is 0 Å². The standard InChI is InChI=1S/C11H11FNO2.3C4H9.Sn/c12-8-3-1-2-7(4-8)10-5-9(6-14)13-11(10)15;3*1-3-4-2;/h1-2,4,9-10,14H,5-6H2,(H,13,15);3*1,3-4H2,2H3;/t9?,10-;;;;/m1..../s1. The Kier molecular flexibility index (Phi) is 9.75. The minimum atomic E-state index is -2.81. The SMILES string of the molecule is CCC[CH2][Sn]([CH2]CCC)([CH2]CCC)[c]1ccc([C@H]2CC(CO)NC2=O)cc1F. The van der Waals surface area contributed by atoms with Crippen LogP contribution in [0.4, 0.5) is 4.39 Å². The molecule has 1 saturated heterocycles. The molecule has 2 rings (SSSR count). The van der Waals surface area contributed by atoms with E-state index in [1.807, 2.05) is 12.1 Å². The number of aliphatic hydroxyl groups excluding tert-OH is 1. The number of hydrogen-bond acceptors (Lipinski definition) is 2. The Morgan fingerprint density at radius 2 is 1.64 bits per heavy atom. The van der Waals surface area contributed by atoms with Crippen molar-refractivity contribution in [1.82, 2.24) is 5.32 Å². The first-order valence-electron chi connectivity index (χ1n) is 11.2. The van der Waals surface area contributed by atoms with Crippen molar-refractivity contribution in [2.75, 3.05) is 6.61 Å². The Labute approximate surface area is 174 Å². The first-order chi connectivity index (χ1) is 13.5. The summed E-state index contributed by atoms with van der Waals surface area (Å²) in [4.78, 5) is 12.2. The van der Waals surface area contributed by atoms with Gasteiger partial charge >= 0.3 is 175 Å². The summed E-state index contributed by atoms with van der Waals surface area (Å²) in [6.07, 6.45) is 7.66. The third-order valence-electron chi connectivity index (χ3n) is 6.40. The van der Waals surface area contributed by atoms with Crippen molar-refractivity contribution in [2.45, 2.75) is 91.0 Å². The van der Waals surface area contributed by atoms with Crippen LogP contribution in [0.1, 0.15) is 77.2 Å². The Morgan fingerprint density at radius 3 is 2.07 bits per heavy atom. The van der Waals surface area contributed by atoms with E-state index in [0.717, 1.165) is 9.14 Å². The van der Waals surface area contributed by atoms with Gasteiger partial charge in [0.2, 0.25) is 0 Å². The molecule has 5 heteroatoms. The zero-order valence-electron chi connectivity index (χ0n) is 17.9. The number of carbonyl (C=O) groups is 1. The third-order valence-corrected chi connectivity index (χ3v) is 22.0. The second kappa shape index (κ2) is 11.5. The fourth-order valence-electron chi connectivity index (χ4n) is 4.66. The van der Waals surface area contributed by atoms with Crippen molar-refractivity contribution in [3.63, 3.8) is 0 Å². The molecule has 1 heterocycles. The molecule has 1 aliphatic heterocycles. The summed E-state index contributed by atoms with van der Waals surface area (Å²) in [5, 5.41) is 12.1. The number of carbonyl (C=O) groups excluding carboxylic acids is 1. The summed E-state index contributed by atoms with van der Waals surface area (Å²) in [7, 11) is 0. The van der Waals surface area contributed by atoms with Crippen LogP contribution >= 0.6 is 0 Å². The molecule has 1 fully saturated rings. The molecule has 2 atom stereocenters. The summed E-state index contributed by atoms with van der Waals surface area (Å²) in [5.74, 6) is -0.506. The Balaban J connectivity index is 2.35. The molecule has 3 nitrogen and oxygen atoms in total. The summed E-state index contributed by atoms with van der Waals surface area (Å²) >= 11 is -2.81.